The molecule has 1 unspecified atom stereocenters. The molecule has 0 fully saturated rings. The fourth-order valence-electron chi connectivity index (χ4n) is 2.01. The molecule has 102 valence electrons. The van der Waals surface area contributed by atoms with Gasteiger partial charge in [0.1, 0.15) is 5.82 Å². The Balaban J connectivity index is 2.16. The van der Waals surface area contributed by atoms with Crippen LogP contribution in [0.15, 0.2) is 30.5 Å². The molecule has 0 amide bonds. The van der Waals surface area contributed by atoms with Crippen LogP contribution < -0.4 is 5.32 Å². The van der Waals surface area contributed by atoms with Gasteiger partial charge in [-0.1, -0.05) is 25.1 Å². The molecule has 2 aromatic rings. The van der Waals surface area contributed by atoms with Crippen molar-refractivity contribution >= 4 is 11.3 Å². The molecule has 1 aromatic heterocycles. The standard InChI is InChI=1S/C15H19FN2S/c1-3-8-17-14(15-10-18-11(2)19-15)9-12-6-4-5-7-13(12)16/h4-7,10,14,17H,3,8-9H2,1-2H3. The van der Waals surface area contributed by atoms with E-state index in [2.05, 4.69) is 17.2 Å². The van der Waals surface area contributed by atoms with Crippen LogP contribution in [0.3, 0.4) is 0 Å². The molecule has 0 aliphatic heterocycles. The molecule has 1 atom stereocenters. The first kappa shape index (κ1) is 14.2. The Bertz CT molecular complexity index is 524. The molecule has 1 aromatic carbocycles. The van der Waals surface area contributed by atoms with E-state index in [1.54, 1.807) is 17.4 Å². The lowest BCUT2D eigenvalue weighted by Crippen LogP contribution is -2.23. The number of halogens is 1. The predicted molar refractivity (Wildman–Crippen MR) is 78.0 cm³/mol. The normalized spacial score (nSPS) is 12.6. The maximum Gasteiger partial charge on any atom is 0.126 e. The van der Waals surface area contributed by atoms with Crippen molar-refractivity contribution in [3.05, 3.63) is 51.7 Å². The van der Waals surface area contributed by atoms with Crippen LogP contribution in [0.5, 0.6) is 0 Å². The molecule has 1 heterocycles. The van der Waals surface area contributed by atoms with Crippen LogP contribution in [0.25, 0.3) is 0 Å². The van der Waals surface area contributed by atoms with E-state index in [0.717, 1.165) is 23.5 Å². The number of thiazole rings is 1. The minimum Gasteiger partial charge on any atom is -0.309 e. The van der Waals surface area contributed by atoms with Crippen LogP contribution in [0.4, 0.5) is 4.39 Å². The molecule has 0 radical (unpaired) electrons. The summed E-state index contributed by atoms with van der Waals surface area (Å²) >= 11 is 1.68. The van der Waals surface area contributed by atoms with Gasteiger partial charge in [-0.05, 0) is 37.9 Å². The van der Waals surface area contributed by atoms with Gasteiger partial charge in [0.05, 0.1) is 5.01 Å². The summed E-state index contributed by atoms with van der Waals surface area (Å²) in [6.07, 6.45) is 3.62. The van der Waals surface area contributed by atoms with E-state index < -0.39 is 0 Å². The van der Waals surface area contributed by atoms with Crippen LogP contribution in [-0.4, -0.2) is 11.5 Å². The summed E-state index contributed by atoms with van der Waals surface area (Å²) in [6.45, 7) is 5.05. The maximum absolute atomic E-state index is 13.8. The fourth-order valence-corrected chi connectivity index (χ4v) is 2.88. The first-order valence-corrected chi connectivity index (χ1v) is 7.41. The van der Waals surface area contributed by atoms with Crippen molar-refractivity contribution in [1.29, 1.82) is 0 Å². The lowest BCUT2D eigenvalue weighted by Gasteiger charge is -2.17. The maximum atomic E-state index is 13.8. The summed E-state index contributed by atoms with van der Waals surface area (Å²) in [5.74, 6) is -0.132. The predicted octanol–water partition coefficient (Wildman–Crippen LogP) is 3.87. The number of aromatic nitrogens is 1. The van der Waals surface area contributed by atoms with Crippen molar-refractivity contribution in [2.75, 3.05) is 6.54 Å². The number of rotatable bonds is 6. The molecule has 0 aliphatic carbocycles. The van der Waals surface area contributed by atoms with Crippen LogP contribution in [0.1, 0.15) is 34.8 Å². The highest BCUT2D eigenvalue weighted by atomic mass is 32.1. The largest absolute Gasteiger partial charge is 0.309 e. The Morgan fingerprint density at radius 2 is 2.16 bits per heavy atom. The first-order valence-electron chi connectivity index (χ1n) is 6.59. The van der Waals surface area contributed by atoms with Gasteiger partial charge in [-0.3, -0.25) is 0 Å². The van der Waals surface area contributed by atoms with E-state index >= 15 is 0 Å². The van der Waals surface area contributed by atoms with Crippen molar-refractivity contribution in [2.45, 2.75) is 32.7 Å². The van der Waals surface area contributed by atoms with Crippen LogP contribution in [-0.2, 0) is 6.42 Å². The number of nitrogens with one attached hydrogen (secondary N) is 1. The third-order valence-corrected chi connectivity index (χ3v) is 4.03. The highest BCUT2D eigenvalue weighted by Crippen LogP contribution is 2.25. The highest BCUT2D eigenvalue weighted by molar-refractivity contribution is 7.11. The second-order valence-corrected chi connectivity index (χ2v) is 5.85. The summed E-state index contributed by atoms with van der Waals surface area (Å²) in [7, 11) is 0. The molecular weight excluding hydrogens is 259 g/mol. The smallest absolute Gasteiger partial charge is 0.126 e. The van der Waals surface area contributed by atoms with Crippen molar-refractivity contribution in [1.82, 2.24) is 10.3 Å². The molecule has 4 heteroatoms. The minimum atomic E-state index is -0.132. The van der Waals surface area contributed by atoms with Gasteiger partial charge in [0.15, 0.2) is 0 Å². The average Bonchev–Trinajstić information content (AvgIpc) is 2.83. The van der Waals surface area contributed by atoms with Crippen molar-refractivity contribution in [3.63, 3.8) is 0 Å². The number of nitrogens with zero attached hydrogens (tertiary/aromatic N) is 1. The van der Waals surface area contributed by atoms with Gasteiger partial charge in [0, 0.05) is 17.1 Å². The molecule has 1 N–H and O–H groups in total. The summed E-state index contributed by atoms with van der Waals surface area (Å²) in [6, 6.07) is 7.12. The number of hydrogen-bond acceptors (Lipinski definition) is 3. The molecule has 0 saturated carbocycles. The van der Waals surface area contributed by atoms with Crippen molar-refractivity contribution in [3.8, 4) is 0 Å². The topological polar surface area (TPSA) is 24.9 Å². The summed E-state index contributed by atoms with van der Waals surface area (Å²) in [4.78, 5) is 5.47. The SMILES string of the molecule is CCCNC(Cc1ccccc1F)c1cnc(C)s1. The van der Waals surface area contributed by atoms with Gasteiger partial charge in [0.2, 0.25) is 0 Å². The molecule has 2 rings (SSSR count). The number of hydrogen-bond donors (Lipinski definition) is 1. The Kier molecular flexibility index (Phi) is 5.05. The summed E-state index contributed by atoms with van der Waals surface area (Å²) in [5.41, 5.74) is 0.752. The van der Waals surface area contributed by atoms with E-state index in [9.17, 15) is 4.39 Å². The van der Waals surface area contributed by atoms with Gasteiger partial charge in [-0.2, -0.15) is 0 Å². The van der Waals surface area contributed by atoms with Gasteiger partial charge in [-0.15, -0.1) is 11.3 Å². The van der Waals surface area contributed by atoms with Crippen LogP contribution >= 0.6 is 11.3 Å². The third kappa shape index (κ3) is 3.85. The zero-order valence-corrected chi connectivity index (χ0v) is 12.1. The Hall–Kier alpha value is -1.26. The van der Waals surface area contributed by atoms with Crippen molar-refractivity contribution < 1.29 is 4.39 Å². The molecular formula is C15H19FN2S. The zero-order chi connectivity index (χ0) is 13.7. The lowest BCUT2D eigenvalue weighted by molar-refractivity contribution is 0.518. The number of benzene rings is 1. The van der Waals surface area contributed by atoms with Gasteiger partial charge in [-0.25, -0.2) is 9.37 Å². The average molecular weight is 278 g/mol. The van der Waals surface area contributed by atoms with Crippen LogP contribution in [0, 0.1) is 12.7 Å². The highest BCUT2D eigenvalue weighted by Gasteiger charge is 2.15. The quantitative estimate of drug-likeness (QED) is 0.867. The first-order chi connectivity index (χ1) is 9.20. The van der Waals surface area contributed by atoms with Gasteiger partial charge >= 0.3 is 0 Å². The van der Waals surface area contributed by atoms with Crippen LogP contribution in [0.2, 0.25) is 0 Å². The van der Waals surface area contributed by atoms with E-state index in [1.807, 2.05) is 25.3 Å². The molecule has 0 spiro atoms. The van der Waals surface area contributed by atoms with E-state index in [0.29, 0.717) is 6.42 Å². The zero-order valence-electron chi connectivity index (χ0n) is 11.3. The van der Waals surface area contributed by atoms with E-state index in [4.69, 9.17) is 0 Å². The van der Waals surface area contributed by atoms with Crippen molar-refractivity contribution in [2.24, 2.45) is 0 Å². The number of aryl methyl sites for hydroxylation is 1. The lowest BCUT2D eigenvalue weighted by atomic mass is 10.0. The monoisotopic (exact) mass is 278 g/mol. The third-order valence-electron chi connectivity index (χ3n) is 3.01. The molecule has 2 nitrogen and oxygen atoms in total. The minimum absolute atomic E-state index is 0.132. The Morgan fingerprint density at radius 1 is 1.37 bits per heavy atom. The second-order valence-electron chi connectivity index (χ2n) is 4.58. The van der Waals surface area contributed by atoms with Gasteiger partial charge in [0.25, 0.3) is 0 Å². The summed E-state index contributed by atoms with van der Waals surface area (Å²) < 4.78 is 13.8. The molecule has 0 bridgehead atoms. The van der Waals surface area contributed by atoms with E-state index in [-0.39, 0.29) is 11.9 Å². The molecule has 19 heavy (non-hydrogen) atoms. The van der Waals surface area contributed by atoms with Gasteiger partial charge < -0.3 is 5.32 Å². The summed E-state index contributed by atoms with van der Waals surface area (Å²) in [5, 5.41) is 4.53. The second kappa shape index (κ2) is 6.78. The Morgan fingerprint density at radius 3 is 2.79 bits per heavy atom. The molecule has 0 saturated heterocycles. The van der Waals surface area contributed by atoms with E-state index in [1.165, 1.54) is 10.9 Å². The Labute approximate surface area is 117 Å². The fraction of sp³-hybridized carbons (Fsp3) is 0.400. The molecule has 0 aliphatic rings.